The maximum Gasteiger partial charge on any atom is 0.237 e. The number of para-hydroxylation sites is 1. The van der Waals surface area contributed by atoms with E-state index in [0.29, 0.717) is 17.4 Å². The number of carbonyl (C=O) groups excluding carboxylic acids is 1. The second-order valence-corrected chi connectivity index (χ2v) is 8.03. The molecule has 0 unspecified atom stereocenters. The molecule has 7 heteroatoms. The van der Waals surface area contributed by atoms with Crippen LogP contribution in [0.5, 0.6) is 0 Å². The van der Waals surface area contributed by atoms with Gasteiger partial charge in [0, 0.05) is 11.1 Å². The zero-order chi connectivity index (χ0) is 20.4. The largest absolute Gasteiger partial charge is 0.325 e. The number of hydrogen-bond donors (Lipinski definition) is 1. The Hall–Kier alpha value is -2.93. The van der Waals surface area contributed by atoms with Crippen LogP contribution >= 0.6 is 11.8 Å². The summed E-state index contributed by atoms with van der Waals surface area (Å²) in [5.41, 5.74) is 3.66. The van der Waals surface area contributed by atoms with Crippen LogP contribution in [0.25, 0.3) is 16.6 Å². The summed E-state index contributed by atoms with van der Waals surface area (Å²) in [4.78, 5) is 22.2. The highest BCUT2D eigenvalue weighted by Gasteiger charge is 2.22. The molecule has 2 aromatic carbocycles. The molecule has 0 radical (unpaired) electrons. The highest BCUT2D eigenvalue weighted by Crippen LogP contribution is 2.28. The van der Waals surface area contributed by atoms with Gasteiger partial charge in [-0.25, -0.2) is 9.97 Å². The second-order valence-electron chi connectivity index (χ2n) is 6.86. The fraction of sp³-hybridized carbons (Fsp3) is 0.273. The Morgan fingerprint density at radius 2 is 1.86 bits per heavy atom. The molecule has 0 aliphatic heterocycles. The van der Waals surface area contributed by atoms with Gasteiger partial charge in [-0.1, -0.05) is 49.9 Å². The highest BCUT2D eigenvalue weighted by molar-refractivity contribution is 8.00. The number of aromatic nitrogens is 4. The molecule has 1 amide bonds. The van der Waals surface area contributed by atoms with Gasteiger partial charge in [-0.05, 0) is 49.6 Å². The van der Waals surface area contributed by atoms with E-state index >= 15 is 0 Å². The van der Waals surface area contributed by atoms with Crippen molar-refractivity contribution in [3.05, 3.63) is 59.9 Å². The lowest BCUT2D eigenvalue weighted by atomic mass is 10.1. The number of hydrogen-bond acceptors (Lipinski definition) is 5. The van der Waals surface area contributed by atoms with Gasteiger partial charge in [-0.3, -0.25) is 4.79 Å². The fourth-order valence-corrected chi connectivity index (χ4v) is 4.17. The van der Waals surface area contributed by atoms with Gasteiger partial charge in [0.15, 0.2) is 10.8 Å². The maximum atomic E-state index is 12.9. The van der Waals surface area contributed by atoms with Crippen molar-refractivity contribution >= 4 is 39.9 Å². The van der Waals surface area contributed by atoms with Gasteiger partial charge >= 0.3 is 0 Å². The topological polar surface area (TPSA) is 72.2 Å². The molecule has 0 spiro atoms. The third-order valence-electron chi connectivity index (χ3n) is 4.80. The number of amides is 1. The minimum atomic E-state index is -0.290. The molecule has 4 aromatic rings. The van der Waals surface area contributed by atoms with Crippen LogP contribution in [0.3, 0.4) is 0 Å². The molecule has 0 fully saturated rings. The maximum absolute atomic E-state index is 12.9. The predicted molar refractivity (Wildman–Crippen MR) is 117 cm³/mol. The number of thioether (sulfide) groups is 1. The van der Waals surface area contributed by atoms with E-state index in [1.807, 2.05) is 62.4 Å². The Morgan fingerprint density at radius 1 is 1.10 bits per heavy atom. The van der Waals surface area contributed by atoms with Crippen molar-refractivity contribution in [2.75, 3.05) is 5.32 Å². The van der Waals surface area contributed by atoms with Gasteiger partial charge in [0.05, 0.1) is 10.8 Å². The van der Waals surface area contributed by atoms with Crippen LogP contribution in [-0.4, -0.2) is 30.7 Å². The van der Waals surface area contributed by atoms with Crippen molar-refractivity contribution in [2.24, 2.45) is 0 Å². The first-order valence-corrected chi connectivity index (χ1v) is 10.7. The minimum Gasteiger partial charge on any atom is -0.325 e. The van der Waals surface area contributed by atoms with E-state index in [2.05, 4.69) is 22.3 Å². The molecule has 0 saturated carbocycles. The number of benzene rings is 2. The van der Waals surface area contributed by atoms with Crippen molar-refractivity contribution in [1.29, 1.82) is 0 Å². The molecule has 1 atom stereocenters. The number of rotatable bonds is 6. The van der Waals surface area contributed by atoms with Crippen molar-refractivity contribution in [3.8, 4) is 0 Å². The Morgan fingerprint density at radius 3 is 2.59 bits per heavy atom. The number of anilines is 1. The Bertz CT molecular complexity index is 1170. The summed E-state index contributed by atoms with van der Waals surface area (Å²) in [7, 11) is 0. The fourth-order valence-electron chi connectivity index (χ4n) is 3.21. The van der Waals surface area contributed by atoms with E-state index in [9.17, 15) is 4.79 Å². The van der Waals surface area contributed by atoms with Crippen molar-refractivity contribution < 1.29 is 4.79 Å². The molecule has 0 aliphatic rings. The summed E-state index contributed by atoms with van der Waals surface area (Å²) < 4.78 is 1.74. The lowest BCUT2D eigenvalue weighted by Crippen LogP contribution is -2.25. The first kappa shape index (κ1) is 19.4. The Balaban J connectivity index is 1.63. The summed E-state index contributed by atoms with van der Waals surface area (Å²) in [5.74, 6) is 0.639. The summed E-state index contributed by atoms with van der Waals surface area (Å²) in [6.45, 7) is 5.98. The third kappa shape index (κ3) is 3.96. The number of fused-ring (bicyclic) bond motifs is 3. The van der Waals surface area contributed by atoms with Crippen molar-refractivity contribution in [2.45, 2.75) is 44.0 Å². The summed E-state index contributed by atoms with van der Waals surface area (Å²) in [6.07, 6.45) is 1.65. The molecule has 0 aliphatic carbocycles. The summed E-state index contributed by atoms with van der Waals surface area (Å²) >= 11 is 1.42. The number of aryl methyl sites for hydroxylation is 2. The Kier molecular flexibility index (Phi) is 5.49. The minimum absolute atomic E-state index is 0.0401. The standard InChI is InChI=1S/C22H23N5OS/c1-4-15-10-12-16(13-11-15)24-21(28)19(5-2)29-22-25-18-9-7-6-8-17(18)20-23-14(3)26-27(20)22/h6-13,19H,4-5H2,1-3H3,(H,24,28)/t19-/m0/s1. The van der Waals surface area contributed by atoms with E-state index in [4.69, 9.17) is 4.98 Å². The average molecular weight is 406 g/mol. The lowest BCUT2D eigenvalue weighted by molar-refractivity contribution is -0.115. The first-order valence-electron chi connectivity index (χ1n) is 9.77. The lowest BCUT2D eigenvalue weighted by Gasteiger charge is -2.15. The van der Waals surface area contributed by atoms with Crippen LogP contribution < -0.4 is 5.32 Å². The molecule has 2 aromatic heterocycles. The predicted octanol–water partition coefficient (Wildman–Crippen LogP) is 4.66. The molecule has 0 bridgehead atoms. The summed E-state index contributed by atoms with van der Waals surface area (Å²) in [5, 5.41) is 8.86. The van der Waals surface area contributed by atoms with E-state index < -0.39 is 0 Å². The van der Waals surface area contributed by atoms with Gasteiger partial charge in [-0.15, -0.1) is 5.10 Å². The van der Waals surface area contributed by atoms with Crippen LogP contribution in [0.1, 0.15) is 31.7 Å². The molecule has 148 valence electrons. The van der Waals surface area contributed by atoms with Crippen LogP contribution in [0.15, 0.2) is 53.7 Å². The Labute approximate surface area is 173 Å². The zero-order valence-electron chi connectivity index (χ0n) is 16.7. The van der Waals surface area contributed by atoms with Crippen LogP contribution in [-0.2, 0) is 11.2 Å². The first-order chi connectivity index (χ1) is 14.1. The molecule has 2 heterocycles. The SMILES string of the molecule is CCc1ccc(NC(=O)[C@H](CC)Sc2nc3ccccc3c3nc(C)nn23)cc1. The smallest absolute Gasteiger partial charge is 0.237 e. The van der Waals surface area contributed by atoms with Gasteiger partial charge in [0.25, 0.3) is 0 Å². The van der Waals surface area contributed by atoms with Crippen LogP contribution in [0.2, 0.25) is 0 Å². The van der Waals surface area contributed by atoms with E-state index in [1.165, 1.54) is 17.3 Å². The molecular weight excluding hydrogens is 382 g/mol. The molecule has 1 N–H and O–H groups in total. The van der Waals surface area contributed by atoms with E-state index in [0.717, 1.165) is 28.7 Å². The zero-order valence-corrected chi connectivity index (χ0v) is 17.5. The third-order valence-corrected chi connectivity index (χ3v) is 6.10. The van der Waals surface area contributed by atoms with E-state index in [-0.39, 0.29) is 11.2 Å². The van der Waals surface area contributed by atoms with Crippen LogP contribution in [0.4, 0.5) is 5.69 Å². The van der Waals surface area contributed by atoms with Crippen molar-refractivity contribution in [3.63, 3.8) is 0 Å². The molecule has 29 heavy (non-hydrogen) atoms. The number of nitrogens with one attached hydrogen (secondary N) is 1. The van der Waals surface area contributed by atoms with Gasteiger partial charge in [0.2, 0.25) is 5.91 Å². The quantitative estimate of drug-likeness (QED) is 0.373. The van der Waals surface area contributed by atoms with Gasteiger partial charge in [-0.2, -0.15) is 4.52 Å². The summed E-state index contributed by atoms with van der Waals surface area (Å²) in [6, 6.07) is 15.8. The molecular formula is C22H23N5OS. The number of carbonyl (C=O) groups is 1. The van der Waals surface area contributed by atoms with Gasteiger partial charge in [0.1, 0.15) is 5.82 Å². The molecule has 0 saturated heterocycles. The highest BCUT2D eigenvalue weighted by atomic mass is 32.2. The van der Waals surface area contributed by atoms with Crippen molar-refractivity contribution in [1.82, 2.24) is 19.6 Å². The molecule has 4 rings (SSSR count). The van der Waals surface area contributed by atoms with Gasteiger partial charge < -0.3 is 5.32 Å². The molecule has 6 nitrogen and oxygen atoms in total. The van der Waals surface area contributed by atoms with E-state index in [1.54, 1.807) is 4.52 Å². The van der Waals surface area contributed by atoms with Crippen LogP contribution in [0, 0.1) is 6.92 Å². The number of nitrogens with zero attached hydrogens (tertiary/aromatic N) is 4. The average Bonchev–Trinajstić information content (AvgIpc) is 3.14. The second kappa shape index (κ2) is 8.21. The monoisotopic (exact) mass is 405 g/mol. The normalized spacial score (nSPS) is 12.4.